The van der Waals surface area contributed by atoms with Crippen LogP contribution >= 0.6 is 0 Å². The fraction of sp³-hybridized carbons (Fsp3) is 0.261. The van der Waals surface area contributed by atoms with Crippen molar-refractivity contribution in [1.82, 2.24) is 9.97 Å². The van der Waals surface area contributed by atoms with Crippen LogP contribution in [0.15, 0.2) is 54.9 Å². The van der Waals surface area contributed by atoms with Crippen LogP contribution in [0.4, 0.5) is 14.5 Å². The SMILES string of the molecule is O=C(Nc1cnccc1C1CCC(O)CC1)c1ccc(F)c(-c2ccccc2F)n1. The number of halogens is 2. The van der Waals surface area contributed by atoms with Crippen molar-refractivity contribution < 1.29 is 18.7 Å². The Morgan fingerprint density at radius 3 is 2.53 bits per heavy atom. The van der Waals surface area contributed by atoms with Gasteiger partial charge < -0.3 is 10.4 Å². The number of amides is 1. The van der Waals surface area contributed by atoms with Crippen molar-refractivity contribution in [1.29, 1.82) is 0 Å². The van der Waals surface area contributed by atoms with E-state index in [2.05, 4.69) is 15.3 Å². The molecule has 154 valence electrons. The summed E-state index contributed by atoms with van der Waals surface area (Å²) < 4.78 is 28.4. The van der Waals surface area contributed by atoms with Crippen LogP contribution in [0.2, 0.25) is 0 Å². The number of aromatic nitrogens is 2. The molecule has 2 N–H and O–H groups in total. The van der Waals surface area contributed by atoms with Gasteiger partial charge in [0, 0.05) is 11.8 Å². The highest BCUT2D eigenvalue weighted by Crippen LogP contribution is 2.36. The Labute approximate surface area is 172 Å². The molecule has 2 heterocycles. The van der Waals surface area contributed by atoms with E-state index in [1.165, 1.54) is 24.3 Å². The van der Waals surface area contributed by atoms with Gasteiger partial charge in [-0.1, -0.05) is 12.1 Å². The first-order valence-corrected chi connectivity index (χ1v) is 9.87. The van der Waals surface area contributed by atoms with E-state index in [0.29, 0.717) is 18.5 Å². The molecule has 1 fully saturated rings. The summed E-state index contributed by atoms with van der Waals surface area (Å²) in [5, 5.41) is 12.6. The number of nitrogens with zero attached hydrogens (tertiary/aromatic N) is 2. The molecule has 0 saturated heterocycles. The summed E-state index contributed by atoms with van der Waals surface area (Å²) in [6.07, 6.45) is 6.03. The molecule has 1 aliphatic rings. The summed E-state index contributed by atoms with van der Waals surface area (Å²) in [6, 6.07) is 9.95. The van der Waals surface area contributed by atoms with E-state index in [1.54, 1.807) is 18.5 Å². The largest absolute Gasteiger partial charge is 0.393 e. The minimum absolute atomic E-state index is 0.00696. The molecule has 1 aromatic carbocycles. The Hall–Kier alpha value is -3.19. The van der Waals surface area contributed by atoms with E-state index in [4.69, 9.17) is 0 Å². The van der Waals surface area contributed by atoms with E-state index in [1.807, 2.05) is 6.07 Å². The molecule has 0 radical (unpaired) electrons. The molecule has 3 aromatic rings. The lowest BCUT2D eigenvalue weighted by Gasteiger charge is -2.27. The van der Waals surface area contributed by atoms with Gasteiger partial charge in [0.15, 0.2) is 0 Å². The number of carbonyl (C=O) groups excluding carboxylic acids is 1. The molecule has 1 amide bonds. The molecule has 0 spiro atoms. The lowest BCUT2D eigenvalue weighted by atomic mass is 9.82. The van der Waals surface area contributed by atoms with Gasteiger partial charge in [-0.15, -0.1) is 0 Å². The molecule has 4 rings (SSSR count). The standard InChI is InChI=1S/C23H21F2N3O2/c24-18-4-2-1-3-17(18)22-19(25)9-10-20(27-22)23(30)28-21-13-26-12-11-16(21)14-5-7-15(29)8-6-14/h1-4,9-15,29H,5-8H2,(H,28,30). The molecule has 0 aliphatic heterocycles. The van der Waals surface area contributed by atoms with E-state index >= 15 is 0 Å². The summed E-state index contributed by atoms with van der Waals surface area (Å²) in [4.78, 5) is 21.0. The van der Waals surface area contributed by atoms with Gasteiger partial charge >= 0.3 is 0 Å². The van der Waals surface area contributed by atoms with Gasteiger partial charge in [-0.2, -0.15) is 0 Å². The predicted molar refractivity (Wildman–Crippen MR) is 109 cm³/mol. The van der Waals surface area contributed by atoms with Gasteiger partial charge in [-0.25, -0.2) is 13.8 Å². The number of anilines is 1. The van der Waals surface area contributed by atoms with Crippen LogP contribution in [0.1, 0.15) is 47.7 Å². The lowest BCUT2D eigenvalue weighted by Crippen LogP contribution is -2.20. The van der Waals surface area contributed by atoms with Crippen LogP contribution in [0.3, 0.4) is 0 Å². The van der Waals surface area contributed by atoms with Crippen molar-refractivity contribution in [2.24, 2.45) is 0 Å². The summed E-state index contributed by atoms with van der Waals surface area (Å²) in [5.41, 5.74) is 1.26. The first kappa shape index (κ1) is 20.1. The maximum Gasteiger partial charge on any atom is 0.274 e. The predicted octanol–water partition coefficient (Wildman–Crippen LogP) is 4.69. The number of nitrogens with one attached hydrogen (secondary N) is 1. The molecule has 0 unspecified atom stereocenters. The number of aliphatic hydroxyl groups is 1. The summed E-state index contributed by atoms with van der Waals surface area (Å²) in [7, 11) is 0. The molecule has 30 heavy (non-hydrogen) atoms. The molecule has 0 bridgehead atoms. The van der Waals surface area contributed by atoms with Gasteiger partial charge in [0.2, 0.25) is 0 Å². The fourth-order valence-corrected chi connectivity index (χ4v) is 3.85. The van der Waals surface area contributed by atoms with Gasteiger partial charge in [0.1, 0.15) is 23.0 Å². The third kappa shape index (κ3) is 4.21. The molecular weight excluding hydrogens is 388 g/mol. The van der Waals surface area contributed by atoms with E-state index < -0.39 is 17.5 Å². The maximum atomic E-state index is 14.3. The Morgan fingerprint density at radius 2 is 1.77 bits per heavy atom. The average molecular weight is 409 g/mol. The molecule has 2 aromatic heterocycles. The summed E-state index contributed by atoms with van der Waals surface area (Å²) in [6.45, 7) is 0. The van der Waals surface area contributed by atoms with E-state index in [9.17, 15) is 18.7 Å². The minimum atomic E-state index is -0.709. The van der Waals surface area contributed by atoms with Gasteiger partial charge in [0.25, 0.3) is 5.91 Å². The molecule has 1 aliphatic carbocycles. The molecule has 0 atom stereocenters. The second-order valence-corrected chi connectivity index (χ2v) is 7.43. The Bertz CT molecular complexity index is 1070. The van der Waals surface area contributed by atoms with Gasteiger partial charge in [-0.05, 0) is 67.5 Å². The van der Waals surface area contributed by atoms with Gasteiger partial charge in [-0.3, -0.25) is 9.78 Å². The number of benzene rings is 1. The fourth-order valence-electron chi connectivity index (χ4n) is 3.85. The molecule has 1 saturated carbocycles. The minimum Gasteiger partial charge on any atom is -0.393 e. The summed E-state index contributed by atoms with van der Waals surface area (Å²) >= 11 is 0. The monoisotopic (exact) mass is 409 g/mol. The Kier molecular flexibility index (Phi) is 5.81. The highest BCUT2D eigenvalue weighted by atomic mass is 19.1. The number of rotatable bonds is 4. The van der Waals surface area contributed by atoms with Crippen LogP contribution in [0.5, 0.6) is 0 Å². The number of hydrogen-bond acceptors (Lipinski definition) is 4. The first-order chi connectivity index (χ1) is 14.5. The third-order valence-corrected chi connectivity index (χ3v) is 5.45. The van der Waals surface area contributed by atoms with Crippen LogP contribution in [0.25, 0.3) is 11.3 Å². The smallest absolute Gasteiger partial charge is 0.274 e. The second kappa shape index (κ2) is 8.67. The second-order valence-electron chi connectivity index (χ2n) is 7.43. The zero-order valence-corrected chi connectivity index (χ0v) is 16.2. The highest BCUT2D eigenvalue weighted by molar-refractivity contribution is 6.03. The number of carbonyl (C=O) groups is 1. The van der Waals surface area contributed by atoms with Crippen molar-refractivity contribution in [3.63, 3.8) is 0 Å². The van der Waals surface area contributed by atoms with Crippen LogP contribution in [-0.2, 0) is 0 Å². The van der Waals surface area contributed by atoms with Crippen molar-refractivity contribution >= 4 is 11.6 Å². The maximum absolute atomic E-state index is 14.3. The Morgan fingerprint density at radius 1 is 1.00 bits per heavy atom. The van der Waals surface area contributed by atoms with Gasteiger partial charge in [0.05, 0.1) is 18.0 Å². The quantitative estimate of drug-likeness (QED) is 0.655. The lowest BCUT2D eigenvalue weighted by molar-refractivity contribution is 0.102. The number of hydrogen-bond donors (Lipinski definition) is 2. The number of pyridine rings is 2. The molecule has 7 heteroatoms. The van der Waals surface area contributed by atoms with Crippen molar-refractivity contribution in [2.75, 3.05) is 5.32 Å². The normalized spacial score (nSPS) is 18.8. The zero-order valence-electron chi connectivity index (χ0n) is 16.2. The van der Waals surface area contributed by atoms with Crippen molar-refractivity contribution in [3.05, 3.63) is 77.8 Å². The van der Waals surface area contributed by atoms with Crippen molar-refractivity contribution in [3.8, 4) is 11.3 Å². The third-order valence-electron chi connectivity index (χ3n) is 5.45. The average Bonchev–Trinajstić information content (AvgIpc) is 2.76. The summed E-state index contributed by atoms with van der Waals surface area (Å²) in [5.74, 6) is -1.64. The molecular formula is C23H21F2N3O2. The van der Waals surface area contributed by atoms with Crippen molar-refractivity contribution in [2.45, 2.75) is 37.7 Å². The number of aliphatic hydroxyl groups excluding tert-OH is 1. The highest BCUT2D eigenvalue weighted by Gasteiger charge is 2.24. The molecule has 5 nitrogen and oxygen atoms in total. The first-order valence-electron chi connectivity index (χ1n) is 9.87. The van der Waals surface area contributed by atoms with Crippen LogP contribution < -0.4 is 5.32 Å². The zero-order chi connectivity index (χ0) is 21.1. The van der Waals surface area contributed by atoms with Crippen LogP contribution in [-0.4, -0.2) is 27.1 Å². The Balaban J connectivity index is 1.60. The topological polar surface area (TPSA) is 75.1 Å². The van der Waals surface area contributed by atoms with Crippen LogP contribution in [0, 0.1) is 11.6 Å². The van der Waals surface area contributed by atoms with E-state index in [-0.39, 0.29) is 29.0 Å². The van der Waals surface area contributed by atoms with E-state index in [0.717, 1.165) is 24.5 Å².